The molecule has 0 aliphatic rings. The van der Waals surface area contributed by atoms with Gasteiger partial charge in [-0.15, -0.1) is 0 Å². The van der Waals surface area contributed by atoms with E-state index in [4.69, 9.17) is 5.53 Å². The van der Waals surface area contributed by atoms with Crippen LogP contribution >= 0.6 is 0 Å². The smallest absolute Gasteiger partial charge is 0.360 e. The van der Waals surface area contributed by atoms with E-state index < -0.39 is 5.97 Å². The number of hydrogen-bond acceptors (Lipinski definition) is 3. The molecule has 0 spiro atoms. The number of carbonyl (C=O) groups excluding carboxylic acids is 1. The fourth-order valence-corrected chi connectivity index (χ4v) is 0.455. The van der Waals surface area contributed by atoms with Gasteiger partial charge < -0.3 is 5.53 Å². The Balaban J connectivity index is 4.15. The van der Waals surface area contributed by atoms with Crippen molar-refractivity contribution in [1.82, 2.24) is 0 Å². The van der Waals surface area contributed by atoms with Crippen LogP contribution in [0.3, 0.4) is 0 Å². The van der Waals surface area contributed by atoms with Gasteiger partial charge in [-0.25, -0.2) is 4.79 Å². The van der Waals surface area contributed by atoms with Gasteiger partial charge in [0.2, 0.25) is 0 Å². The van der Waals surface area contributed by atoms with Crippen molar-refractivity contribution in [2.75, 3.05) is 6.61 Å². The van der Waals surface area contributed by atoms with Gasteiger partial charge in [-0.2, -0.15) is 9.68 Å². The maximum atomic E-state index is 10.8. The third-order valence-electron chi connectivity index (χ3n) is 0.894. The number of carbonyl (C=O) groups is 1. The summed E-state index contributed by atoms with van der Waals surface area (Å²) in [6.07, 6.45) is 2.85. The zero-order valence-electron chi connectivity index (χ0n) is 6.98. The summed E-state index contributed by atoms with van der Waals surface area (Å²) in [4.78, 5) is 22.1. The predicted octanol–water partition coefficient (Wildman–Crippen LogP) is 0.728. The van der Waals surface area contributed by atoms with Crippen LogP contribution in [-0.2, 0) is 14.6 Å². The van der Waals surface area contributed by atoms with Crippen molar-refractivity contribution in [3.05, 3.63) is 17.7 Å². The highest BCUT2D eigenvalue weighted by Gasteiger charge is 2.18. The Morgan fingerprint density at radius 1 is 1.67 bits per heavy atom. The van der Waals surface area contributed by atoms with E-state index in [1.807, 2.05) is 0 Å². The second-order valence-electron chi connectivity index (χ2n) is 1.76. The maximum Gasteiger partial charge on any atom is 0.453 e. The topological polar surface area (TPSA) is 71.9 Å². The Morgan fingerprint density at radius 2 is 2.33 bits per heavy atom. The normalized spacial score (nSPS) is 9.50. The molecule has 0 radical (unpaired) electrons. The highest BCUT2D eigenvalue weighted by molar-refractivity contribution is 6.38. The van der Waals surface area contributed by atoms with Crippen LogP contribution in [0, 0.1) is 0 Å². The van der Waals surface area contributed by atoms with Crippen molar-refractivity contribution in [2.24, 2.45) is 0 Å². The van der Waals surface area contributed by atoms with E-state index in [1.54, 1.807) is 19.9 Å². The lowest BCUT2D eigenvalue weighted by Gasteiger charge is -1.94. The third-order valence-corrected chi connectivity index (χ3v) is 0.894. The van der Waals surface area contributed by atoms with E-state index in [-0.39, 0.29) is 12.3 Å². The van der Waals surface area contributed by atoms with Crippen LogP contribution in [0.15, 0.2) is 12.2 Å². The maximum absolute atomic E-state index is 10.8. The Kier molecular flexibility index (Phi) is 5.51. The van der Waals surface area contributed by atoms with Crippen LogP contribution in [0.2, 0.25) is 0 Å². The fraction of sp³-hybridized carbons (Fsp3) is 0.429. The number of allylic oxidation sites excluding steroid dienone is 1. The van der Waals surface area contributed by atoms with Crippen molar-refractivity contribution in [1.29, 1.82) is 0 Å². The Hall–Kier alpha value is -1.45. The SMILES string of the molecule is CC=CC(=[N+]=[N-])C(=O)OOCC. The summed E-state index contributed by atoms with van der Waals surface area (Å²) in [6.45, 7) is 3.60. The summed E-state index contributed by atoms with van der Waals surface area (Å²) in [5.74, 6) is -0.822. The summed E-state index contributed by atoms with van der Waals surface area (Å²) >= 11 is 0. The van der Waals surface area contributed by atoms with Gasteiger partial charge in [0.05, 0.1) is 6.61 Å². The lowest BCUT2D eigenvalue weighted by atomic mass is 10.3. The average molecular weight is 170 g/mol. The minimum atomic E-state index is -0.822. The zero-order valence-corrected chi connectivity index (χ0v) is 6.98. The molecule has 0 aromatic carbocycles. The fourth-order valence-electron chi connectivity index (χ4n) is 0.455. The molecule has 0 aromatic rings. The molecule has 0 N–H and O–H groups in total. The van der Waals surface area contributed by atoms with Gasteiger partial charge in [-0.3, -0.25) is 4.89 Å². The molecule has 0 rings (SSSR count). The molecular weight excluding hydrogens is 160 g/mol. The molecule has 66 valence electrons. The molecule has 0 atom stereocenters. The first kappa shape index (κ1) is 10.6. The van der Waals surface area contributed by atoms with Gasteiger partial charge in [-0.05, 0) is 13.8 Å². The molecule has 0 amide bonds. The quantitative estimate of drug-likeness (QED) is 0.205. The Labute approximate surface area is 70.1 Å². The van der Waals surface area contributed by atoms with Crippen LogP contribution in [0.1, 0.15) is 13.8 Å². The van der Waals surface area contributed by atoms with Gasteiger partial charge >= 0.3 is 11.7 Å². The first-order valence-electron chi connectivity index (χ1n) is 3.44. The number of nitrogens with zero attached hydrogens (tertiary/aromatic N) is 2. The summed E-state index contributed by atoms with van der Waals surface area (Å²) < 4.78 is 0. The first-order chi connectivity index (χ1) is 5.76. The van der Waals surface area contributed by atoms with Gasteiger partial charge in [-0.1, -0.05) is 6.08 Å². The Morgan fingerprint density at radius 3 is 2.75 bits per heavy atom. The van der Waals surface area contributed by atoms with Gasteiger partial charge in [0, 0.05) is 6.08 Å². The number of hydrogen-bond donors (Lipinski definition) is 0. The van der Waals surface area contributed by atoms with Crippen LogP contribution in [0.4, 0.5) is 0 Å². The highest BCUT2D eigenvalue weighted by Crippen LogP contribution is 1.85. The molecule has 0 aromatic heterocycles. The molecule has 12 heavy (non-hydrogen) atoms. The molecule has 0 fully saturated rings. The van der Waals surface area contributed by atoms with Crippen molar-refractivity contribution >= 4 is 11.7 Å². The molecule has 0 unspecified atom stereocenters. The largest absolute Gasteiger partial charge is 0.453 e. The van der Waals surface area contributed by atoms with Crippen LogP contribution in [0.5, 0.6) is 0 Å². The second-order valence-corrected chi connectivity index (χ2v) is 1.76. The molecule has 5 heteroatoms. The average Bonchev–Trinajstić information content (AvgIpc) is 2.10. The molecule has 0 heterocycles. The second kappa shape index (κ2) is 6.27. The van der Waals surface area contributed by atoms with Gasteiger partial charge in [0.15, 0.2) is 0 Å². The van der Waals surface area contributed by atoms with Crippen molar-refractivity contribution in [3.8, 4) is 0 Å². The summed E-state index contributed by atoms with van der Waals surface area (Å²) in [6, 6.07) is 0. The molecule has 5 nitrogen and oxygen atoms in total. The van der Waals surface area contributed by atoms with E-state index in [1.165, 1.54) is 6.08 Å². The first-order valence-corrected chi connectivity index (χ1v) is 3.44. The van der Waals surface area contributed by atoms with Crippen LogP contribution in [0.25, 0.3) is 5.53 Å². The molecule has 0 saturated heterocycles. The van der Waals surface area contributed by atoms with E-state index in [9.17, 15) is 4.79 Å². The lowest BCUT2D eigenvalue weighted by Crippen LogP contribution is -2.16. The molecule has 0 bridgehead atoms. The predicted molar refractivity (Wildman–Crippen MR) is 41.2 cm³/mol. The molecule has 0 aliphatic heterocycles. The van der Waals surface area contributed by atoms with Crippen molar-refractivity contribution in [2.45, 2.75) is 13.8 Å². The summed E-state index contributed by atoms with van der Waals surface area (Å²) in [7, 11) is 0. The van der Waals surface area contributed by atoms with E-state index in [2.05, 4.69) is 14.6 Å². The zero-order chi connectivity index (χ0) is 9.40. The number of rotatable bonds is 4. The molecule has 0 aliphatic carbocycles. The minimum absolute atomic E-state index is 0.203. The third kappa shape index (κ3) is 3.65. The summed E-state index contributed by atoms with van der Waals surface area (Å²) in [5.41, 5.74) is 8.10. The highest BCUT2D eigenvalue weighted by atomic mass is 17.2. The van der Waals surface area contributed by atoms with Crippen LogP contribution < -0.4 is 0 Å². The van der Waals surface area contributed by atoms with E-state index in [0.29, 0.717) is 0 Å². The molecular formula is C7H10N2O3. The van der Waals surface area contributed by atoms with Crippen molar-refractivity contribution < 1.29 is 19.4 Å². The van der Waals surface area contributed by atoms with Crippen molar-refractivity contribution in [3.63, 3.8) is 0 Å². The lowest BCUT2D eigenvalue weighted by molar-refractivity contribution is -0.264. The van der Waals surface area contributed by atoms with Crippen LogP contribution in [-0.4, -0.2) is 23.1 Å². The van der Waals surface area contributed by atoms with Gasteiger partial charge in [0.1, 0.15) is 0 Å². The van der Waals surface area contributed by atoms with Gasteiger partial charge in [0.25, 0.3) is 0 Å². The summed E-state index contributed by atoms with van der Waals surface area (Å²) in [5, 5.41) is 0. The minimum Gasteiger partial charge on any atom is -0.360 e. The monoisotopic (exact) mass is 170 g/mol. The standard InChI is InChI=1S/C7H10N2O3/c1-3-5-6(9-8)7(10)12-11-4-2/h3,5H,4H2,1-2H3. The van der Waals surface area contributed by atoms with E-state index in [0.717, 1.165) is 0 Å². The Bertz CT molecular complexity index is 229. The van der Waals surface area contributed by atoms with E-state index >= 15 is 0 Å². The molecule has 0 saturated carbocycles.